The van der Waals surface area contributed by atoms with Gasteiger partial charge in [0.15, 0.2) is 6.61 Å². The molecule has 0 aliphatic rings. The van der Waals surface area contributed by atoms with Crippen LogP contribution < -0.4 is 4.74 Å². The van der Waals surface area contributed by atoms with E-state index in [1.165, 1.54) is 4.90 Å². The van der Waals surface area contributed by atoms with E-state index in [0.29, 0.717) is 11.8 Å². The van der Waals surface area contributed by atoms with Gasteiger partial charge in [0.2, 0.25) is 11.8 Å². The first-order chi connectivity index (χ1) is 12.5. The molecule has 0 N–H and O–H groups in total. The number of aromatic nitrogens is 2. The van der Waals surface area contributed by atoms with Crippen molar-refractivity contribution in [2.24, 2.45) is 0 Å². The van der Waals surface area contributed by atoms with Crippen LogP contribution in [0.2, 0.25) is 0 Å². The van der Waals surface area contributed by atoms with Crippen molar-refractivity contribution in [3.63, 3.8) is 0 Å². The average molecular weight is 351 g/mol. The largest absolute Gasteiger partial charge is 0.483 e. The summed E-state index contributed by atoms with van der Waals surface area (Å²) in [6, 6.07) is 15.4. The number of likely N-dealkylation sites (N-methyl/N-ethyl adjacent to an activating group) is 1. The van der Waals surface area contributed by atoms with Crippen LogP contribution >= 0.6 is 0 Å². The number of benzene rings is 2. The first kappa shape index (κ1) is 17.7. The molecule has 0 bridgehead atoms. The molecule has 0 aliphatic carbocycles. The van der Waals surface area contributed by atoms with E-state index >= 15 is 0 Å². The molecule has 26 heavy (non-hydrogen) atoms. The Hall–Kier alpha value is -3.15. The van der Waals surface area contributed by atoms with Crippen LogP contribution in [0.25, 0.3) is 11.5 Å². The Balaban J connectivity index is 1.58. The first-order valence-electron chi connectivity index (χ1n) is 8.35. The Morgan fingerprint density at radius 1 is 1.12 bits per heavy atom. The summed E-state index contributed by atoms with van der Waals surface area (Å²) in [5.41, 5.74) is 2.93. The third-order valence-corrected chi connectivity index (χ3v) is 3.98. The Bertz CT molecular complexity index is 890. The van der Waals surface area contributed by atoms with Gasteiger partial charge in [-0.2, -0.15) is 0 Å². The normalized spacial score (nSPS) is 10.6. The van der Waals surface area contributed by atoms with Crippen LogP contribution in [0, 0.1) is 13.8 Å². The number of carbonyl (C=O) groups is 1. The number of rotatable bonds is 6. The lowest BCUT2D eigenvalue weighted by atomic mass is 10.1. The number of amides is 1. The second-order valence-corrected chi connectivity index (χ2v) is 6.17. The smallest absolute Gasteiger partial charge is 0.260 e. The van der Waals surface area contributed by atoms with E-state index < -0.39 is 0 Å². The molecule has 2 aromatic carbocycles. The van der Waals surface area contributed by atoms with Crippen molar-refractivity contribution < 1.29 is 13.9 Å². The summed E-state index contributed by atoms with van der Waals surface area (Å²) in [5.74, 6) is 1.38. The van der Waals surface area contributed by atoms with E-state index in [4.69, 9.17) is 9.15 Å². The van der Waals surface area contributed by atoms with Gasteiger partial charge in [-0.05, 0) is 43.2 Å². The van der Waals surface area contributed by atoms with Gasteiger partial charge < -0.3 is 14.1 Å². The molecule has 3 rings (SSSR count). The quantitative estimate of drug-likeness (QED) is 0.681. The molecule has 0 aliphatic heterocycles. The third-order valence-electron chi connectivity index (χ3n) is 3.98. The summed E-state index contributed by atoms with van der Waals surface area (Å²) >= 11 is 0. The van der Waals surface area contributed by atoms with Gasteiger partial charge in [-0.25, -0.2) is 0 Å². The zero-order chi connectivity index (χ0) is 18.5. The fraction of sp³-hybridized carbons (Fsp3) is 0.250. The molecule has 1 amide bonds. The zero-order valence-electron chi connectivity index (χ0n) is 15.1. The van der Waals surface area contributed by atoms with E-state index in [-0.39, 0.29) is 19.1 Å². The zero-order valence-corrected chi connectivity index (χ0v) is 15.1. The van der Waals surface area contributed by atoms with Crippen LogP contribution in [0.3, 0.4) is 0 Å². The summed E-state index contributed by atoms with van der Waals surface area (Å²) in [6.07, 6.45) is 0. The van der Waals surface area contributed by atoms with Crippen molar-refractivity contribution in [2.45, 2.75) is 20.4 Å². The minimum absolute atomic E-state index is 0.0412. The molecule has 0 atom stereocenters. The summed E-state index contributed by atoms with van der Waals surface area (Å²) < 4.78 is 11.3. The van der Waals surface area contributed by atoms with E-state index in [1.807, 2.05) is 62.4 Å². The first-order valence-corrected chi connectivity index (χ1v) is 8.35. The van der Waals surface area contributed by atoms with Gasteiger partial charge in [0.25, 0.3) is 5.91 Å². The van der Waals surface area contributed by atoms with Crippen LogP contribution in [0.5, 0.6) is 5.75 Å². The molecule has 0 fully saturated rings. The summed E-state index contributed by atoms with van der Waals surface area (Å²) in [6.45, 7) is 4.13. The van der Waals surface area contributed by atoms with E-state index in [0.717, 1.165) is 22.4 Å². The standard InChI is InChI=1S/C20H21N3O3/c1-14-9-10-15(2)17(11-14)25-13-19(24)23(3)12-18-21-22-20(26-18)16-7-5-4-6-8-16/h4-11H,12-13H2,1-3H3. The van der Waals surface area contributed by atoms with Crippen molar-refractivity contribution in [1.82, 2.24) is 15.1 Å². The van der Waals surface area contributed by atoms with Gasteiger partial charge in [0, 0.05) is 12.6 Å². The third kappa shape index (κ3) is 4.27. The molecule has 1 aromatic heterocycles. The van der Waals surface area contributed by atoms with E-state index in [2.05, 4.69) is 10.2 Å². The molecule has 3 aromatic rings. The molecular formula is C20H21N3O3. The highest BCUT2D eigenvalue weighted by Gasteiger charge is 2.15. The van der Waals surface area contributed by atoms with Crippen molar-refractivity contribution in [2.75, 3.05) is 13.7 Å². The van der Waals surface area contributed by atoms with Gasteiger partial charge >= 0.3 is 0 Å². The Kier molecular flexibility index (Phi) is 5.31. The molecule has 0 radical (unpaired) electrons. The Morgan fingerprint density at radius 3 is 2.65 bits per heavy atom. The van der Waals surface area contributed by atoms with Gasteiger partial charge in [-0.1, -0.05) is 30.3 Å². The van der Waals surface area contributed by atoms with Crippen molar-refractivity contribution in [3.8, 4) is 17.2 Å². The molecule has 0 unspecified atom stereocenters. The fourth-order valence-corrected chi connectivity index (χ4v) is 2.42. The van der Waals surface area contributed by atoms with Crippen LogP contribution in [-0.2, 0) is 11.3 Å². The molecular weight excluding hydrogens is 330 g/mol. The van der Waals surface area contributed by atoms with E-state index in [1.54, 1.807) is 7.05 Å². The topological polar surface area (TPSA) is 68.5 Å². The number of ether oxygens (including phenoxy) is 1. The molecule has 6 heteroatoms. The highest BCUT2D eigenvalue weighted by molar-refractivity contribution is 5.77. The minimum atomic E-state index is -0.162. The lowest BCUT2D eigenvalue weighted by Crippen LogP contribution is -2.31. The van der Waals surface area contributed by atoms with Crippen LogP contribution in [-0.4, -0.2) is 34.7 Å². The van der Waals surface area contributed by atoms with Gasteiger partial charge in [-0.3, -0.25) is 4.79 Å². The predicted octanol–water partition coefficient (Wildman–Crippen LogP) is 3.39. The summed E-state index contributed by atoms with van der Waals surface area (Å²) in [4.78, 5) is 13.8. The highest BCUT2D eigenvalue weighted by atomic mass is 16.5. The number of carbonyl (C=O) groups excluding carboxylic acids is 1. The van der Waals surface area contributed by atoms with Crippen molar-refractivity contribution in [3.05, 3.63) is 65.5 Å². The molecule has 1 heterocycles. The van der Waals surface area contributed by atoms with Crippen LogP contribution in [0.1, 0.15) is 17.0 Å². The average Bonchev–Trinajstić information content (AvgIpc) is 3.11. The molecule has 0 spiro atoms. The van der Waals surface area contributed by atoms with Crippen LogP contribution in [0.15, 0.2) is 52.9 Å². The molecule has 0 saturated heterocycles. The van der Waals surface area contributed by atoms with Crippen LogP contribution in [0.4, 0.5) is 0 Å². The van der Waals surface area contributed by atoms with E-state index in [9.17, 15) is 4.79 Å². The maximum absolute atomic E-state index is 12.3. The lowest BCUT2D eigenvalue weighted by Gasteiger charge is -2.16. The Morgan fingerprint density at radius 2 is 1.88 bits per heavy atom. The molecule has 6 nitrogen and oxygen atoms in total. The Labute approximate surface area is 152 Å². The van der Waals surface area contributed by atoms with Crippen molar-refractivity contribution in [1.29, 1.82) is 0 Å². The maximum Gasteiger partial charge on any atom is 0.260 e. The summed E-state index contributed by atoms with van der Waals surface area (Å²) in [7, 11) is 1.68. The number of nitrogens with zero attached hydrogens (tertiary/aromatic N) is 3. The second-order valence-electron chi connectivity index (χ2n) is 6.17. The molecule has 0 saturated carbocycles. The highest BCUT2D eigenvalue weighted by Crippen LogP contribution is 2.20. The van der Waals surface area contributed by atoms with Gasteiger partial charge in [0.05, 0.1) is 6.54 Å². The summed E-state index contributed by atoms with van der Waals surface area (Å²) in [5, 5.41) is 8.04. The monoisotopic (exact) mass is 351 g/mol. The predicted molar refractivity (Wildman–Crippen MR) is 97.6 cm³/mol. The molecule has 134 valence electrons. The second kappa shape index (κ2) is 7.82. The van der Waals surface area contributed by atoms with Crippen molar-refractivity contribution >= 4 is 5.91 Å². The fourth-order valence-electron chi connectivity index (χ4n) is 2.42. The number of aryl methyl sites for hydroxylation is 2. The van der Waals surface area contributed by atoms with Gasteiger partial charge in [0.1, 0.15) is 5.75 Å². The number of hydrogen-bond acceptors (Lipinski definition) is 5. The SMILES string of the molecule is Cc1ccc(C)c(OCC(=O)N(C)Cc2nnc(-c3ccccc3)o2)c1. The minimum Gasteiger partial charge on any atom is -0.483 e. The lowest BCUT2D eigenvalue weighted by molar-refractivity contribution is -0.132. The number of hydrogen-bond donors (Lipinski definition) is 0. The van der Waals surface area contributed by atoms with Gasteiger partial charge in [-0.15, -0.1) is 10.2 Å². The maximum atomic E-state index is 12.3.